The molecular weight excluding hydrogens is 278 g/mol. The predicted molar refractivity (Wildman–Crippen MR) is 85.2 cm³/mol. The van der Waals surface area contributed by atoms with Crippen LogP contribution in [0, 0.1) is 0 Å². The van der Waals surface area contributed by atoms with Crippen LogP contribution < -0.4 is 10.2 Å². The number of pyridine rings is 1. The van der Waals surface area contributed by atoms with Crippen molar-refractivity contribution in [1.82, 2.24) is 19.9 Å². The lowest BCUT2D eigenvalue weighted by Crippen LogP contribution is -2.43. The highest BCUT2D eigenvalue weighted by Gasteiger charge is 2.12. The number of phenolic OH excluding ortho intramolecular Hbond substituents is 1. The van der Waals surface area contributed by atoms with Gasteiger partial charge >= 0.3 is 0 Å². The number of aromatic nitrogens is 3. The summed E-state index contributed by atoms with van der Waals surface area (Å²) in [4.78, 5) is 6.95. The standard InChI is InChI=1S/C16H17N5O/c22-14-3-1-12(2-4-14)16-18-15-11-13(5-8-21(15)19-16)20-9-6-17-7-10-20/h1-5,8,11,17,22H,6-7,9-10H2. The summed E-state index contributed by atoms with van der Waals surface area (Å²) in [5, 5.41) is 17.2. The topological polar surface area (TPSA) is 65.7 Å². The molecule has 3 aromatic rings. The molecule has 1 aromatic carbocycles. The summed E-state index contributed by atoms with van der Waals surface area (Å²) in [7, 11) is 0. The number of rotatable bonds is 2. The van der Waals surface area contributed by atoms with Gasteiger partial charge in [-0.3, -0.25) is 0 Å². The maximum absolute atomic E-state index is 9.37. The number of piperazine rings is 1. The van der Waals surface area contributed by atoms with Gasteiger partial charge in [-0.2, -0.15) is 0 Å². The van der Waals surface area contributed by atoms with E-state index in [1.807, 2.05) is 18.3 Å². The lowest BCUT2D eigenvalue weighted by atomic mass is 10.2. The minimum Gasteiger partial charge on any atom is -0.508 e. The minimum absolute atomic E-state index is 0.244. The highest BCUT2D eigenvalue weighted by molar-refractivity contribution is 5.62. The van der Waals surface area contributed by atoms with Gasteiger partial charge in [-0.05, 0) is 30.3 Å². The van der Waals surface area contributed by atoms with Crippen molar-refractivity contribution in [3.8, 4) is 17.1 Å². The summed E-state index contributed by atoms with van der Waals surface area (Å²) in [6.07, 6.45) is 1.95. The first kappa shape index (κ1) is 13.1. The van der Waals surface area contributed by atoms with Crippen molar-refractivity contribution < 1.29 is 5.11 Å². The van der Waals surface area contributed by atoms with Gasteiger partial charge < -0.3 is 15.3 Å². The van der Waals surface area contributed by atoms with E-state index in [2.05, 4.69) is 32.4 Å². The molecule has 112 valence electrons. The van der Waals surface area contributed by atoms with Crippen LogP contribution in [0.4, 0.5) is 5.69 Å². The van der Waals surface area contributed by atoms with Gasteiger partial charge in [-0.25, -0.2) is 9.50 Å². The predicted octanol–water partition coefficient (Wildman–Crippen LogP) is 1.51. The van der Waals surface area contributed by atoms with Gasteiger partial charge in [0.05, 0.1) is 0 Å². The van der Waals surface area contributed by atoms with Crippen LogP contribution in [0.3, 0.4) is 0 Å². The Labute approximate surface area is 128 Å². The molecule has 1 aliphatic rings. The Kier molecular flexibility index (Phi) is 3.16. The molecule has 6 nitrogen and oxygen atoms in total. The fraction of sp³-hybridized carbons (Fsp3) is 0.250. The Morgan fingerprint density at radius 3 is 2.59 bits per heavy atom. The van der Waals surface area contributed by atoms with Crippen LogP contribution in [0.5, 0.6) is 5.75 Å². The molecule has 0 spiro atoms. The molecule has 0 atom stereocenters. The van der Waals surface area contributed by atoms with Gasteiger partial charge in [0.2, 0.25) is 0 Å². The zero-order valence-corrected chi connectivity index (χ0v) is 12.1. The second-order valence-corrected chi connectivity index (χ2v) is 5.41. The molecule has 1 aliphatic heterocycles. The molecule has 0 unspecified atom stereocenters. The van der Waals surface area contributed by atoms with E-state index in [0.29, 0.717) is 5.82 Å². The first-order valence-corrected chi connectivity index (χ1v) is 7.41. The molecule has 6 heteroatoms. The second-order valence-electron chi connectivity index (χ2n) is 5.41. The third-order valence-corrected chi connectivity index (χ3v) is 3.93. The van der Waals surface area contributed by atoms with E-state index in [-0.39, 0.29) is 5.75 Å². The number of fused-ring (bicyclic) bond motifs is 1. The lowest BCUT2D eigenvalue weighted by molar-refractivity contribution is 0.475. The van der Waals surface area contributed by atoms with E-state index in [9.17, 15) is 5.11 Å². The van der Waals surface area contributed by atoms with Crippen LogP contribution in [0.2, 0.25) is 0 Å². The maximum atomic E-state index is 9.37. The third kappa shape index (κ3) is 2.37. The molecule has 0 bridgehead atoms. The number of hydrogen-bond donors (Lipinski definition) is 2. The van der Waals surface area contributed by atoms with Gasteiger partial charge in [0.25, 0.3) is 0 Å². The summed E-state index contributed by atoms with van der Waals surface area (Å²) >= 11 is 0. The SMILES string of the molecule is Oc1ccc(-c2nc3cc(N4CCNCC4)ccn3n2)cc1. The number of aromatic hydroxyl groups is 1. The number of nitrogens with one attached hydrogen (secondary N) is 1. The van der Waals surface area contributed by atoms with Crippen LogP contribution in [0.1, 0.15) is 0 Å². The number of hydrogen-bond acceptors (Lipinski definition) is 5. The second kappa shape index (κ2) is 5.31. The average molecular weight is 295 g/mol. The Balaban J connectivity index is 1.69. The zero-order valence-electron chi connectivity index (χ0n) is 12.1. The molecular formula is C16H17N5O. The largest absolute Gasteiger partial charge is 0.508 e. The Bertz CT molecular complexity index is 790. The first-order valence-electron chi connectivity index (χ1n) is 7.41. The molecule has 2 aromatic heterocycles. The average Bonchev–Trinajstić information content (AvgIpc) is 2.99. The van der Waals surface area contributed by atoms with E-state index in [1.54, 1.807) is 16.6 Å². The molecule has 0 aliphatic carbocycles. The summed E-state index contributed by atoms with van der Waals surface area (Å²) < 4.78 is 1.79. The summed E-state index contributed by atoms with van der Waals surface area (Å²) in [5.41, 5.74) is 2.91. The van der Waals surface area contributed by atoms with Gasteiger partial charge in [-0.1, -0.05) is 0 Å². The van der Waals surface area contributed by atoms with Crippen LogP contribution in [-0.4, -0.2) is 45.9 Å². The number of anilines is 1. The maximum Gasteiger partial charge on any atom is 0.182 e. The van der Waals surface area contributed by atoms with E-state index in [1.165, 1.54) is 5.69 Å². The molecule has 0 saturated carbocycles. The Hall–Kier alpha value is -2.60. The van der Waals surface area contributed by atoms with Crippen molar-refractivity contribution in [1.29, 1.82) is 0 Å². The van der Waals surface area contributed by atoms with Crippen LogP contribution >= 0.6 is 0 Å². The molecule has 4 rings (SSSR count). The van der Waals surface area contributed by atoms with E-state index in [0.717, 1.165) is 37.4 Å². The lowest BCUT2D eigenvalue weighted by Gasteiger charge is -2.29. The molecule has 0 amide bonds. The fourth-order valence-corrected chi connectivity index (χ4v) is 2.72. The van der Waals surface area contributed by atoms with Crippen molar-refractivity contribution >= 4 is 11.3 Å². The quantitative estimate of drug-likeness (QED) is 0.750. The Morgan fingerprint density at radius 2 is 1.82 bits per heavy atom. The van der Waals surface area contributed by atoms with Crippen molar-refractivity contribution in [3.05, 3.63) is 42.6 Å². The highest BCUT2D eigenvalue weighted by Crippen LogP contribution is 2.21. The monoisotopic (exact) mass is 295 g/mol. The van der Waals surface area contributed by atoms with Crippen molar-refractivity contribution in [2.24, 2.45) is 0 Å². The van der Waals surface area contributed by atoms with E-state index < -0.39 is 0 Å². The van der Waals surface area contributed by atoms with Crippen LogP contribution in [-0.2, 0) is 0 Å². The molecule has 22 heavy (non-hydrogen) atoms. The summed E-state index contributed by atoms with van der Waals surface area (Å²) in [6.45, 7) is 4.04. The van der Waals surface area contributed by atoms with Crippen LogP contribution in [0.25, 0.3) is 17.0 Å². The minimum atomic E-state index is 0.244. The fourth-order valence-electron chi connectivity index (χ4n) is 2.72. The van der Waals surface area contributed by atoms with Gasteiger partial charge in [0, 0.05) is 49.7 Å². The summed E-state index contributed by atoms with van der Waals surface area (Å²) in [6, 6.07) is 11.1. The highest BCUT2D eigenvalue weighted by atomic mass is 16.3. The molecule has 3 heterocycles. The van der Waals surface area contributed by atoms with Gasteiger partial charge in [-0.15, -0.1) is 5.10 Å². The molecule has 2 N–H and O–H groups in total. The molecule has 1 fully saturated rings. The van der Waals surface area contributed by atoms with E-state index in [4.69, 9.17) is 0 Å². The smallest absolute Gasteiger partial charge is 0.182 e. The Morgan fingerprint density at radius 1 is 1.05 bits per heavy atom. The third-order valence-electron chi connectivity index (χ3n) is 3.93. The zero-order chi connectivity index (χ0) is 14.9. The van der Waals surface area contributed by atoms with Crippen molar-refractivity contribution in [2.45, 2.75) is 0 Å². The van der Waals surface area contributed by atoms with Crippen LogP contribution in [0.15, 0.2) is 42.6 Å². The van der Waals surface area contributed by atoms with Crippen molar-refractivity contribution in [2.75, 3.05) is 31.1 Å². The van der Waals surface area contributed by atoms with E-state index >= 15 is 0 Å². The number of benzene rings is 1. The van der Waals surface area contributed by atoms with Crippen molar-refractivity contribution in [3.63, 3.8) is 0 Å². The first-order chi connectivity index (χ1) is 10.8. The molecule has 1 saturated heterocycles. The van der Waals surface area contributed by atoms with Gasteiger partial charge in [0.1, 0.15) is 5.75 Å². The number of phenols is 1. The summed E-state index contributed by atoms with van der Waals surface area (Å²) in [5.74, 6) is 0.908. The van der Waals surface area contributed by atoms with Gasteiger partial charge in [0.15, 0.2) is 11.5 Å². The number of nitrogens with zero attached hydrogens (tertiary/aromatic N) is 4. The normalized spacial score (nSPS) is 15.4. The molecule has 0 radical (unpaired) electrons.